The second-order valence-corrected chi connectivity index (χ2v) is 5.19. The van der Waals surface area contributed by atoms with E-state index in [2.05, 4.69) is 0 Å². The summed E-state index contributed by atoms with van der Waals surface area (Å²) in [5.74, 6) is 0. The van der Waals surface area contributed by atoms with Crippen molar-refractivity contribution in [2.45, 2.75) is 11.8 Å². The van der Waals surface area contributed by atoms with E-state index in [0.717, 1.165) is 0 Å². The first-order chi connectivity index (χ1) is 6.48. The van der Waals surface area contributed by atoms with Gasteiger partial charge in [0.1, 0.15) is 9.92 Å². The van der Waals surface area contributed by atoms with Gasteiger partial charge < -0.3 is 5.73 Å². The van der Waals surface area contributed by atoms with Crippen LogP contribution in [0.1, 0.15) is 6.92 Å². The van der Waals surface area contributed by atoms with E-state index in [-0.39, 0.29) is 0 Å². The van der Waals surface area contributed by atoms with Crippen molar-refractivity contribution in [3.63, 3.8) is 0 Å². The van der Waals surface area contributed by atoms with E-state index in [0.29, 0.717) is 17.1 Å². The Morgan fingerprint density at radius 1 is 1.43 bits per heavy atom. The molecule has 1 unspecified atom stereocenters. The SMILES string of the molecule is CCN(C)S(=N)(=O)c1ccc(N)cc1. The van der Waals surface area contributed by atoms with Crippen LogP contribution in [0.4, 0.5) is 5.69 Å². The van der Waals surface area contributed by atoms with Gasteiger partial charge in [-0.25, -0.2) is 13.3 Å². The summed E-state index contributed by atoms with van der Waals surface area (Å²) >= 11 is 0. The maximum Gasteiger partial charge on any atom is 0.136 e. The largest absolute Gasteiger partial charge is 0.399 e. The quantitative estimate of drug-likeness (QED) is 0.748. The molecule has 0 radical (unpaired) electrons. The zero-order valence-corrected chi connectivity index (χ0v) is 9.17. The normalized spacial score (nSPS) is 15.4. The number of hydrogen-bond acceptors (Lipinski definition) is 3. The highest BCUT2D eigenvalue weighted by atomic mass is 32.2. The number of nitrogens with one attached hydrogen (secondary N) is 1. The highest BCUT2D eigenvalue weighted by Gasteiger charge is 2.14. The van der Waals surface area contributed by atoms with Crippen LogP contribution in [-0.4, -0.2) is 22.1 Å². The summed E-state index contributed by atoms with van der Waals surface area (Å²) in [6.07, 6.45) is 0. The van der Waals surface area contributed by atoms with Crippen molar-refractivity contribution in [2.24, 2.45) is 0 Å². The molecule has 0 aliphatic heterocycles. The van der Waals surface area contributed by atoms with E-state index in [9.17, 15) is 4.21 Å². The summed E-state index contributed by atoms with van der Waals surface area (Å²) in [6, 6.07) is 6.59. The number of benzene rings is 1. The molecule has 0 saturated carbocycles. The van der Waals surface area contributed by atoms with Crippen LogP contribution in [0.2, 0.25) is 0 Å². The lowest BCUT2D eigenvalue weighted by atomic mass is 10.3. The van der Waals surface area contributed by atoms with Gasteiger partial charge in [0.25, 0.3) is 0 Å². The van der Waals surface area contributed by atoms with E-state index in [1.54, 1.807) is 31.3 Å². The predicted molar refractivity (Wildman–Crippen MR) is 58.3 cm³/mol. The van der Waals surface area contributed by atoms with E-state index in [4.69, 9.17) is 10.5 Å². The first-order valence-corrected chi connectivity index (χ1v) is 5.85. The fourth-order valence-electron chi connectivity index (χ4n) is 1.01. The molecule has 78 valence electrons. The molecule has 1 rings (SSSR count). The van der Waals surface area contributed by atoms with Crippen molar-refractivity contribution >= 4 is 15.6 Å². The van der Waals surface area contributed by atoms with E-state index >= 15 is 0 Å². The summed E-state index contributed by atoms with van der Waals surface area (Å²) in [5.41, 5.74) is 6.12. The Bertz CT molecular complexity index is 397. The third kappa shape index (κ3) is 2.05. The molecule has 0 amide bonds. The second kappa shape index (κ2) is 3.98. The number of hydrogen-bond donors (Lipinski definition) is 2. The Labute approximate surface area is 84.8 Å². The summed E-state index contributed by atoms with van der Waals surface area (Å²) in [5, 5.41) is 0. The molecule has 1 aromatic rings. The Kier molecular flexibility index (Phi) is 3.13. The van der Waals surface area contributed by atoms with E-state index in [1.807, 2.05) is 6.92 Å². The molecule has 0 aromatic heterocycles. The maximum absolute atomic E-state index is 12.0. The molecule has 5 heteroatoms. The average molecular weight is 213 g/mol. The monoisotopic (exact) mass is 213 g/mol. The van der Waals surface area contributed by atoms with Gasteiger partial charge in [-0.05, 0) is 24.3 Å². The molecule has 0 aliphatic carbocycles. The number of nitrogen functional groups attached to an aromatic ring is 1. The molecule has 3 N–H and O–H groups in total. The van der Waals surface area contributed by atoms with Gasteiger partial charge in [0.05, 0.1) is 4.90 Å². The summed E-state index contributed by atoms with van der Waals surface area (Å²) in [4.78, 5) is 0.496. The van der Waals surface area contributed by atoms with Crippen LogP contribution in [0.5, 0.6) is 0 Å². The van der Waals surface area contributed by atoms with Gasteiger partial charge >= 0.3 is 0 Å². The minimum atomic E-state index is -2.83. The van der Waals surface area contributed by atoms with Gasteiger partial charge in [0.15, 0.2) is 0 Å². The Morgan fingerprint density at radius 3 is 2.36 bits per heavy atom. The van der Waals surface area contributed by atoms with Gasteiger partial charge in [-0.15, -0.1) is 0 Å². The number of nitrogens with two attached hydrogens (primary N) is 1. The predicted octanol–water partition coefficient (Wildman–Crippen LogP) is 1.54. The number of rotatable bonds is 3. The van der Waals surface area contributed by atoms with Crippen LogP contribution in [0.3, 0.4) is 0 Å². The third-order valence-corrected chi connectivity index (χ3v) is 4.13. The topological polar surface area (TPSA) is 70.2 Å². The van der Waals surface area contributed by atoms with Crippen LogP contribution >= 0.6 is 0 Å². The minimum Gasteiger partial charge on any atom is -0.399 e. The van der Waals surface area contributed by atoms with Gasteiger partial charge in [0.2, 0.25) is 0 Å². The van der Waals surface area contributed by atoms with Gasteiger partial charge in [-0.3, -0.25) is 0 Å². The lowest BCUT2D eigenvalue weighted by Crippen LogP contribution is -2.25. The van der Waals surface area contributed by atoms with Crippen LogP contribution in [0, 0.1) is 4.78 Å². The van der Waals surface area contributed by atoms with Crippen molar-refractivity contribution < 1.29 is 4.21 Å². The smallest absolute Gasteiger partial charge is 0.136 e. The molecular weight excluding hydrogens is 198 g/mol. The Balaban J connectivity index is 3.11. The fourth-order valence-corrected chi connectivity index (χ4v) is 2.24. The molecular formula is C9H15N3OS. The standard InChI is InChI=1S/C9H15N3OS/c1-3-12(2)14(11,13)9-6-4-8(10)5-7-9/h4-7,11H,3,10H2,1-2H3. The second-order valence-electron chi connectivity index (χ2n) is 3.04. The summed E-state index contributed by atoms with van der Waals surface area (Å²) in [6.45, 7) is 2.44. The van der Waals surface area contributed by atoms with Crippen LogP contribution < -0.4 is 5.73 Å². The van der Waals surface area contributed by atoms with Gasteiger partial charge in [0, 0.05) is 19.3 Å². The molecule has 0 aliphatic rings. The zero-order valence-electron chi connectivity index (χ0n) is 8.36. The van der Waals surface area contributed by atoms with Crippen molar-refractivity contribution in [1.82, 2.24) is 4.31 Å². The van der Waals surface area contributed by atoms with Crippen LogP contribution in [-0.2, 0) is 9.92 Å². The Hall–Kier alpha value is -1.07. The molecule has 0 spiro atoms. The molecule has 14 heavy (non-hydrogen) atoms. The highest BCUT2D eigenvalue weighted by molar-refractivity contribution is 7.90. The van der Waals surface area contributed by atoms with Crippen molar-refractivity contribution in [2.75, 3.05) is 19.3 Å². The van der Waals surface area contributed by atoms with Crippen molar-refractivity contribution in [1.29, 1.82) is 4.78 Å². The van der Waals surface area contributed by atoms with E-state index in [1.165, 1.54) is 4.31 Å². The highest BCUT2D eigenvalue weighted by Crippen LogP contribution is 2.16. The molecule has 0 bridgehead atoms. The minimum absolute atomic E-state index is 0.496. The molecule has 1 aromatic carbocycles. The van der Waals surface area contributed by atoms with Gasteiger partial charge in [-0.2, -0.15) is 0 Å². The van der Waals surface area contributed by atoms with Crippen molar-refractivity contribution in [3.05, 3.63) is 24.3 Å². The van der Waals surface area contributed by atoms with E-state index < -0.39 is 9.92 Å². The lowest BCUT2D eigenvalue weighted by molar-refractivity contribution is 0.536. The molecule has 0 heterocycles. The van der Waals surface area contributed by atoms with Crippen LogP contribution in [0.15, 0.2) is 29.2 Å². The first kappa shape index (κ1) is 11.0. The Morgan fingerprint density at radius 2 is 1.93 bits per heavy atom. The molecule has 4 nitrogen and oxygen atoms in total. The summed E-state index contributed by atoms with van der Waals surface area (Å²) in [7, 11) is -1.16. The average Bonchev–Trinajstić information content (AvgIpc) is 2.17. The van der Waals surface area contributed by atoms with Crippen molar-refractivity contribution in [3.8, 4) is 0 Å². The lowest BCUT2D eigenvalue weighted by Gasteiger charge is -2.17. The van der Waals surface area contributed by atoms with Crippen LogP contribution in [0.25, 0.3) is 0 Å². The molecule has 0 saturated heterocycles. The number of nitrogens with zero attached hydrogens (tertiary/aromatic N) is 1. The third-order valence-electron chi connectivity index (χ3n) is 2.08. The zero-order chi connectivity index (χ0) is 10.8. The van der Waals surface area contributed by atoms with Gasteiger partial charge in [-0.1, -0.05) is 6.92 Å². The molecule has 0 fully saturated rings. The maximum atomic E-state index is 12.0. The molecule has 1 atom stereocenters. The first-order valence-electron chi connectivity index (χ1n) is 4.34. The summed E-state index contributed by atoms with van der Waals surface area (Å²) < 4.78 is 21.3. The fraction of sp³-hybridized carbons (Fsp3) is 0.333. The number of anilines is 1.